The molecule has 1 fully saturated rings. The first-order valence-corrected chi connectivity index (χ1v) is 8.29. The summed E-state index contributed by atoms with van der Waals surface area (Å²) in [5.74, 6) is 0.100. The van der Waals surface area contributed by atoms with E-state index in [0.29, 0.717) is 29.8 Å². The van der Waals surface area contributed by atoms with E-state index in [1.165, 1.54) is 6.07 Å². The quantitative estimate of drug-likeness (QED) is 0.563. The minimum absolute atomic E-state index is 0.0532. The molecular weight excluding hydrogens is 308 g/mol. The van der Waals surface area contributed by atoms with Gasteiger partial charge in [-0.25, -0.2) is 0 Å². The first-order chi connectivity index (χ1) is 11.3. The van der Waals surface area contributed by atoms with Gasteiger partial charge in [-0.2, -0.15) is 0 Å². The van der Waals surface area contributed by atoms with Crippen LogP contribution in [0.25, 0.3) is 0 Å². The summed E-state index contributed by atoms with van der Waals surface area (Å²) in [5, 5.41) is 17.3. The van der Waals surface area contributed by atoms with E-state index in [9.17, 15) is 14.9 Å². The van der Waals surface area contributed by atoms with Crippen molar-refractivity contribution in [1.82, 2.24) is 10.2 Å². The molecule has 2 N–H and O–H groups in total. The van der Waals surface area contributed by atoms with E-state index in [-0.39, 0.29) is 17.6 Å². The first-order valence-electron chi connectivity index (χ1n) is 8.29. The van der Waals surface area contributed by atoms with Crippen LogP contribution in [0.2, 0.25) is 0 Å². The average Bonchev–Trinajstić information content (AvgIpc) is 3.30. The smallest absolute Gasteiger partial charge is 0.293 e. The number of anilines is 1. The van der Waals surface area contributed by atoms with Crippen LogP contribution in [-0.2, 0) is 0 Å². The molecule has 132 valence electrons. The van der Waals surface area contributed by atoms with E-state index >= 15 is 0 Å². The summed E-state index contributed by atoms with van der Waals surface area (Å²) in [6, 6.07) is 5.12. The number of benzene rings is 1. The van der Waals surface area contributed by atoms with Crippen molar-refractivity contribution >= 4 is 17.3 Å². The zero-order valence-electron chi connectivity index (χ0n) is 14.7. The molecule has 1 aliphatic carbocycles. The van der Waals surface area contributed by atoms with E-state index in [1.807, 2.05) is 14.1 Å². The fourth-order valence-electron chi connectivity index (χ4n) is 2.71. The number of nitro groups is 1. The van der Waals surface area contributed by atoms with Crippen molar-refractivity contribution in [2.24, 2.45) is 5.92 Å². The summed E-state index contributed by atoms with van der Waals surface area (Å²) in [6.45, 7) is 4.69. The SMILES string of the molecule is CC(C)C(CNC(=O)c1ccc(NC2CC2)c([N+](=O)[O-])c1)N(C)C. The van der Waals surface area contributed by atoms with Gasteiger partial charge in [0.2, 0.25) is 0 Å². The standard InChI is InChI=1S/C17H26N4O3/c1-11(2)16(20(3)4)10-18-17(22)12-5-8-14(19-13-6-7-13)15(9-12)21(23)24/h5,8-9,11,13,16,19H,6-7,10H2,1-4H3,(H,18,22). The Balaban J connectivity index is 2.08. The molecule has 1 amide bonds. The zero-order valence-corrected chi connectivity index (χ0v) is 14.7. The highest BCUT2D eigenvalue weighted by Gasteiger charge is 2.26. The van der Waals surface area contributed by atoms with Gasteiger partial charge >= 0.3 is 0 Å². The van der Waals surface area contributed by atoms with Crippen molar-refractivity contribution < 1.29 is 9.72 Å². The fourth-order valence-corrected chi connectivity index (χ4v) is 2.71. The number of carbonyl (C=O) groups is 1. The Kier molecular flexibility index (Phi) is 5.77. The first kappa shape index (κ1) is 18.2. The molecule has 24 heavy (non-hydrogen) atoms. The number of hydrogen-bond acceptors (Lipinski definition) is 5. The molecule has 2 rings (SSSR count). The minimum atomic E-state index is -0.446. The van der Waals surface area contributed by atoms with Crippen molar-refractivity contribution in [3.05, 3.63) is 33.9 Å². The number of nitro benzene ring substituents is 1. The summed E-state index contributed by atoms with van der Waals surface area (Å²) in [5.41, 5.74) is 0.735. The number of nitrogens with one attached hydrogen (secondary N) is 2. The van der Waals surface area contributed by atoms with Gasteiger partial charge in [0.05, 0.1) is 4.92 Å². The minimum Gasteiger partial charge on any atom is -0.377 e. The van der Waals surface area contributed by atoms with Crippen LogP contribution in [0.4, 0.5) is 11.4 Å². The Hall–Kier alpha value is -2.15. The van der Waals surface area contributed by atoms with Crippen LogP contribution >= 0.6 is 0 Å². The molecule has 0 heterocycles. The molecule has 0 aromatic heterocycles. The third-order valence-electron chi connectivity index (χ3n) is 4.30. The number of carbonyl (C=O) groups excluding carboxylic acids is 1. The van der Waals surface area contributed by atoms with Gasteiger partial charge in [0.15, 0.2) is 0 Å². The van der Waals surface area contributed by atoms with Gasteiger partial charge in [0.25, 0.3) is 11.6 Å². The van der Waals surface area contributed by atoms with E-state index in [0.717, 1.165) is 12.8 Å². The Labute approximate surface area is 142 Å². The third kappa shape index (κ3) is 4.67. The Morgan fingerprint density at radius 1 is 1.38 bits per heavy atom. The van der Waals surface area contributed by atoms with Gasteiger partial charge < -0.3 is 15.5 Å². The molecule has 0 aliphatic heterocycles. The van der Waals surface area contributed by atoms with Crippen LogP contribution < -0.4 is 10.6 Å². The van der Waals surface area contributed by atoms with Crippen molar-refractivity contribution in [3.63, 3.8) is 0 Å². The van der Waals surface area contributed by atoms with E-state index in [1.54, 1.807) is 12.1 Å². The fraction of sp³-hybridized carbons (Fsp3) is 0.588. The Morgan fingerprint density at radius 3 is 2.54 bits per heavy atom. The van der Waals surface area contributed by atoms with Gasteiger partial charge in [0.1, 0.15) is 5.69 Å². The molecule has 7 nitrogen and oxygen atoms in total. The highest BCUT2D eigenvalue weighted by atomic mass is 16.6. The number of nitrogens with zero attached hydrogens (tertiary/aromatic N) is 2. The second-order valence-electron chi connectivity index (χ2n) is 6.89. The van der Waals surface area contributed by atoms with Crippen LogP contribution in [0.1, 0.15) is 37.0 Å². The highest BCUT2D eigenvalue weighted by Crippen LogP contribution is 2.31. The molecule has 1 unspecified atom stereocenters. The van der Waals surface area contributed by atoms with Gasteiger partial charge in [0, 0.05) is 30.3 Å². The topological polar surface area (TPSA) is 87.5 Å². The maximum atomic E-state index is 12.3. The maximum Gasteiger partial charge on any atom is 0.293 e. The second-order valence-corrected chi connectivity index (χ2v) is 6.89. The van der Waals surface area contributed by atoms with Crippen LogP contribution in [0.3, 0.4) is 0 Å². The van der Waals surface area contributed by atoms with Crippen LogP contribution in [0, 0.1) is 16.0 Å². The lowest BCUT2D eigenvalue weighted by Crippen LogP contribution is -2.43. The molecule has 1 aromatic rings. The molecule has 0 bridgehead atoms. The lowest BCUT2D eigenvalue weighted by atomic mass is 10.0. The van der Waals surface area contributed by atoms with E-state index in [4.69, 9.17) is 0 Å². The highest BCUT2D eigenvalue weighted by molar-refractivity contribution is 5.95. The second kappa shape index (κ2) is 7.61. The van der Waals surface area contributed by atoms with Crippen LogP contribution in [-0.4, -0.2) is 48.5 Å². The van der Waals surface area contributed by atoms with Crippen molar-refractivity contribution in [2.75, 3.05) is 26.0 Å². The number of rotatable bonds is 8. The summed E-state index contributed by atoms with van der Waals surface area (Å²) >= 11 is 0. The molecule has 1 aliphatic rings. The summed E-state index contributed by atoms with van der Waals surface area (Å²) in [7, 11) is 3.94. The van der Waals surface area contributed by atoms with Gasteiger partial charge in [-0.05, 0) is 45.0 Å². The number of likely N-dealkylation sites (N-methyl/N-ethyl adjacent to an activating group) is 1. The summed E-state index contributed by atoms with van der Waals surface area (Å²) in [6.07, 6.45) is 2.06. The monoisotopic (exact) mass is 334 g/mol. The summed E-state index contributed by atoms with van der Waals surface area (Å²) < 4.78 is 0. The molecule has 1 saturated carbocycles. The van der Waals surface area contributed by atoms with E-state index < -0.39 is 4.92 Å². The largest absolute Gasteiger partial charge is 0.377 e. The number of hydrogen-bond donors (Lipinski definition) is 2. The lowest BCUT2D eigenvalue weighted by molar-refractivity contribution is -0.384. The van der Waals surface area contributed by atoms with E-state index in [2.05, 4.69) is 29.4 Å². The predicted octanol–water partition coefficient (Wildman–Crippen LogP) is 2.49. The molecule has 7 heteroatoms. The van der Waals surface area contributed by atoms with Crippen molar-refractivity contribution in [1.29, 1.82) is 0 Å². The molecular formula is C17H26N4O3. The van der Waals surface area contributed by atoms with Gasteiger partial charge in [-0.3, -0.25) is 14.9 Å². The van der Waals surface area contributed by atoms with Crippen LogP contribution in [0.5, 0.6) is 0 Å². The Bertz CT molecular complexity index is 604. The maximum absolute atomic E-state index is 12.3. The predicted molar refractivity (Wildman–Crippen MR) is 94.4 cm³/mol. The van der Waals surface area contributed by atoms with Gasteiger partial charge in [-0.1, -0.05) is 13.8 Å². The summed E-state index contributed by atoms with van der Waals surface area (Å²) in [4.78, 5) is 25.2. The number of amides is 1. The molecule has 0 saturated heterocycles. The molecule has 1 aromatic carbocycles. The van der Waals surface area contributed by atoms with Crippen molar-refractivity contribution in [2.45, 2.75) is 38.8 Å². The Morgan fingerprint density at radius 2 is 2.04 bits per heavy atom. The molecule has 1 atom stereocenters. The lowest BCUT2D eigenvalue weighted by Gasteiger charge is -2.28. The van der Waals surface area contributed by atoms with Gasteiger partial charge in [-0.15, -0.1) is 0 Å². The zero-order chi connectivity index (χ0) is 17.9. The van der Waals surface area contributed by atoms with Crippen LogP contribution in [0.15, 0.2) is 18.2 Å². The molecule has 0 radical (unpaired) electrons. The normalized spacial score (nSPS) is 15.4. The van der Waals surface area contributed by atoms with Crippen molar-refractivity contribution in [3.8, 4) is 0 Å². The molecule has 0 spiro atoms. The average molecular weight is 334 g/mol. The third-order valence-corrected chi connectivity index (χ3v) is 4.30.